The molecule has 0 unspecified atom stereocenters. The number of hydrogen-bond acceptors (Lipinski definition) is 7. The number of benzene rings is 2. The lowest BCUT2D eigenvalue weighted by molar-refractivity contribution is -0.144. The first kappa shape index (κ1) is 34.9. The van der Waals surface area contributed by atoms with E-state index in [1.165, 1.54) is 17.0 Å². The van der Waals surface area contributed by atoms with Crippen molar-refractivity contribution in [1.29, 1.82) is 0 Å². The lowest BCUT2D eigenvalue weighted by atomic mass is 10.1. The molecule has 1 aromatic heterocycles. The van der Waals surface area contributed by atoms with Gasteiger partial charge in [0, 0.05) is 49.1 Å². The Morgan fingerprint density at radius 2 is 1.80 bits per heavy atom. The minimum absolute atomic E-state index is 0.00499. The van der Waals surface area contributed by atoms with Crippen molar-refractivity contribution in [2.75, 3.05) is 13.1 Å². The van der Waals surface area contributed by atoms with Crippen molar-refractivity contribution >= 4 is 46.4 Å². The summed E-state index contributed by atoms with van der Waals surface area (Å²) in [7, 11) is 0. The largest absolute Gasteiger partial charge is 0.480 e. The van der Waals surface area contributed by atoms with Gasteiger partial charge in [0.1, 0.15) is 23.9 Å². The number of halogens is 1. The number of nitrogens with one attached hydrogen (secondary N) is 4. The van der Waals surface area contributed by atoms with E-state index < -0.39 is 47.9 Å². The maximum absolute atomic E-state index is 14.2. The van der Waals surface area contributed by atoms with Crippen molar-refractivity contribution in [2.24, 2.45) is 0 Å². The fraction of sp³-hybridized carbons (Fsp3) is 0.400. The predicted octanol–water partition coefficient (Wildman–Crippen LogP) is 1.84. The maximum Gasteiger partial charge on any atom is 0.326 e. The van der Waals surface area contributed by atoms with E-state index in [0.29, 0.717) is 30.3 Å². The normalized spacial score (nSPS) is 22.2. The van der Waals surface area contributed by atoms with Gasteiger partial charge in [-0.25, -0.2) is 9.18 Å². The number of carbonyl (C=O) groups is 6. The van der Waals surface area contributed by atoms with Crippen LogP contribution in [0.25, 0.3) is 10.9 Å². The van der Waals surface area contributed by atoms with Gasteiger partial charge in [-0.1, -0.05) is 18.2 Å². The summed E-state index contributed by atoms with van der Waals surface area (Å²) in [5.41, 5.74) is 1.77. The molecule has 3 aromatic rings. The molecule has 2 aliphatic rings. The monoisotopic (exact) mass is 674 g/mol. The minimum Gasteiger partial charge on any atom is -0.480 e. The highest BCUT2D eigenvalue weighted by Crippen LogP contribution is 2.23. The fourth-order valence-corrected chi connectivity index (χ4v) is 6.15. The summed E-state index contributed by atoms with van der Waals surface area (Å²) < 4.78 is 13.3. The molecule has 2 aliphatic heterocycles. The van der Waals surface area contributed by atoms with Gasteiger partial charge in [0.2, 0.25) is 23.6 Å². The number of rotatable bonds is 7. The number of amides is 5. The quantitative estimate of drug-likeness (QED) is 0.251. The van der Waals surface area contributed by atoms with E-state index in [4.69, 9.17) is 0 Å². The standard InChI is InChI=1S/C35H39FN6O7/c36-24-10-6-21(7-11-24)8-14-31(44)39-25-19-29-33(46)41-28(35(48)49)13-15-30(43)38-16-2-1-5-27(34(47)42(29)20-25)40-32(45)23-9-12-26-22(18-23)4-3-17-37-26/h3-4,6-7,9-12,17-18,25,27-29H,1-2,5,8,13-16,19-20H2,(H,38,43)(H,39,44)(H,40,45)(H,41,46)(H,48,49)/t25-,27+,28+,29+/m1/s1. The molecule has 2 aromatic carbocycles. The minimum atomic E-state index is -1.39. The third kappa shape index (κ3) is 9.36. The number of aliphatic carboxylic acids is 1. The van der Waals surface area contributed by atoms with Crippen LogP contribution in [0.1, 0.15) is 60.9 Å². The maximum atomic E-state index is 14.2. The number of pyridine rings is 1. The smallest absolute Gasteiger partial charge is 0.326 e. The van der Waals surface area contributed by atoms with Crippen LogP contribution in [0, 0.1) is 5.82 Å². The predicted molar refractivity (Wildman–Crippen MR) is 175 cm³/mol. The number of carboxylic acid groups (broad SMARTS) is 1. The first-order valence-corrected chi connectivity index (χ1v) is 16.4. The molecule has 5 amide bonds. The Kier molecular flexibility index (Phi) is 11.5. The van der Waals surface area contributed by atoms with Gasteiger partial charge in [-0.05, 0) is 80.5 Å². The zero-order valence-corrected chi connectivity index (χ0v) is 26.8. The van der Waals surface area contributed by atoms with Crippen molar-refractivity contribution in [3.05, 3.63) is 77.7 Å². The number of aryl methyl sites for hydroxylation is 1. The Balaban J connectivity index is 1.36. The number of carbonyl (C=O) groups excluding carboxylic acids is 5. The molecular weight excluding hydrogens is 635 g/mol. The van der Waals surface area contributed by atoms with Crippen LogP contribution in [0.15, 0.2) is 60.8 Å². The van der Waals surface area contributed by atoms with Crippen LogP contribution in [0.2, 0.25) is 0 Å². The summed E-state index contributed by atoms with van der Waals surface area (Å²) in [5.74, 6) is -4.23. The summed E-state index contributed by atoms with van der Waals surface area (Å²) >= 11 is 0. The van der Waals surface area contributed by atoms with Gasteiger partial charge < -0.3 is 31.3 Å². The molecule has 14 heteroatoms. The van der Waals surface area contributed by atoms with Crippen molar-refractivity contribution in [2.45, 2.75) is 75.5 Å². The Hall–Kier alpha value is -5.40. The van der Waals surface area contributed by atoms with E-state index in [2.05, 4.69) is 26.3 Å². The molecule has 3 heterocycles. The van der Waals surface area contributed by atoms with E-state index in [-0.39, 0.29) is 62.8 Å². The fourth-order valence-electron chi connectivity index (χ4n) is 6.15. The van der Waals surface area contributed by atoms with Crippen molar-refractivity contribution in [3.8, 4) is 0 Å². The second-order valence-corrected chi connectivity index (χ2v) is 12.4. The van der Waals surface area contributed by atoms with Gasteiger partial charge >= 0.3 is 5.97 Å². The van der Waals surface area contributed by atoms with Crippen LogP contribution in [0.5, 0.6) is 0 Å². The Morgan fingerprint density at radius 3 is 2.57 bits per heavy atom. The molecule has 2 fully saturated rings. The second-order valence-electron chi connectivity index (χ2n) is 12.4. The third-order valence-electron chi connectivity index (χ3n) is 8.79. The summed E-state index contributed by atoms with van der Waals surface area (Å²) in [6, 6.07) is 10.1. The molecule has 0 bridgehead atoms. The number of fused-ring (bicyclic) bond motifs is 2. The number of aromatic nitrogens is 1. The topological polar surface area (TPSA) is 187 Å². The Labute approximate surface area is 282 Å². The van der Waals surface area contributed by atoms with Gasteiger partial charge in [0.05, 0.1) is 5.52 Å². The average Bonchev–Trinajstić information content (AvgIpc) is 3.51. The lowest BCUT2D eigenvalue weighted by Gasteiger charge is -2.29. The highest BCUT2D eigenvalue weighted by atomic mass is 19.1. The van der Waals surface area contributed by atoms with Crippen LogP contribution in [0.3, 0.4) is 0 Å². The summed E-state index contributed by atoms with van der Waals surface area (Å²) in [5, 5.41) is 21.4. The zero-order valence-electron chi connectivity index (χ0n) is 26.8. The van der Waals surface area contributed by atoms with Crippen LogP contribution in [0.4, 0.5) is 4.39 Å². The molecule has 49 heavy (non-hydrogen) atoms. The van der Waals surface area contributed by atoms with Gasteiger partial charge in [-0.3, -0.25) is 29.0 Å². The van der Waals surface area contributed by atoms with Crippen molar-refractivity contribution in [3.63, 3.8) is 0 Å². The first-order chi connectivity index (χ1) is 23.6. The van der Waals surface area contributed by atoms with E-state index in [1.54, 1.807) is 42.6 Å². The van der Waals surface area contributed by atoms with Gasteiger partial charge in [0.15, 0.2) is 0 Å². The van der Waals surface area contributed by atoms with E-state index in [0.717, 1.165) is 10.9 Å². The highest BCUT2D eigenvalue weighted by molar-refractivity contribution is 6.01. The van der Waals surface area contributed by atoms with E-state index >= 15 is 0 Å². The molecule has 13 nitrogen and oxygen atoms in total. The second kappa shape index (κ2) is 16.1. The van der Waals surface area contributed by atoms with Gasteiger partial charge in [-0.15, -0.1) is 0 Å². The molecule has 0 saturated carbocycles. The van der Waals surface area contributed by atoms with Crippen molar-refractivity contribution < 1.29 is 38.3 Å². The summed E-state index contributed by atoms with van der Waals surface area (Å²) in [6.07, 6.45) is 2.93. The van der Waals surface area contributed by atoms with Crippen LogP contribution in [-0.2, 0) is 30.4 Å². The number of hydrogen-bond donors (Lipinski definition) is 5. The van der Waals surface area contributed by atoms with E-state index in [1.807, 2.05) is 6.07 Å². The van der Waals surface area contributed by atoms with Crippen LogP contribution >= 0.6 is 0 Å². The zero-order chi connectivity index (χ0) is 34.9. The SMILES string of the molecule is O=C1CC[C@@H](C(=O)O)NC(=O)[C@@H]2C[C@@H](NC(=O)CCc3ccc(F)cc3)CN2C(=O)[C@@H](NC(=O)c2ccc3ncccc3c2)CCCCN1. The van der Waals surface area contributed by atoms with Gasteiger partial charge in [-0.2, -0.15) is 0 Å². The average molecular weight is 675 g/mol. The lowest BCUT2D eigenvalue weighted by Crippen LogP contribution is -2.55. The Bertz CT molecular complexity index is 1720. The molecule has 258 valence electrons. The van der Waals surface area contributed by atoms with Crippen LogP contribution < -0.4 is 21.3 Å². The summed E-state index contributed by atoms with van der Waals surface area (Å²) in [6.45, 7) is 0.235. The third-order valence-corrected chi connectivity index (χ3v) is 8.79. The molecule has 0 aliphatic carbocycles. The molecule has 0 spiro atoms. The molecule has 2 saturated heterocycles. The Morgan fingerprint density at radius 1 is 1.00 bits per heavy atom. The number of carboxylic acids is 1. The number of nitrogens with zero attached hydrogens (tertiary/aromatic N) is 2. The molecule has 5 rings (SSSR count). The summed E-state index contributed by atoms with van der Waals surface area (Å²) in [4.78, 5) is 84.2. The van der Waals surface area contributed by atoms with Crippen molar-refractivity contribution in [1.82, 2.24) is 31.2 Å². The molecule has 5 N–H and O–H groups in total. The first-order valence-electron chi connectivity index (χ1n) is 16.4. The van der Waals surface area contributed by atoms with Gasteiger partial charge in [0.25, 0.3) is 5.91 Å². The highest BCUT2D eigenvalue weighted by Gasteiger charge is 2.43. The molecule has 4 atom stereocenters. The molecule has 0 radical (unpaired) electrons. The van der Waals surface area contributed by atoms with Crippen LogP contribution in [-0.4, -0.2) is 87.8 Å². The molecular formula is C35H39FN6O7. The van der Waals surface area contributed by atoms with E-state index in [9.17, 15) is 38.3 Å².